The number of benzene rings is 2. The quantitative estimate of drug-likeness (QED) is 0.100. The number of amides is 3. The number of primary amides is 2. The van der Waals surface area contributed by atoms with E-state index >= 15 is 0 Å². The van der Waals surface area contributed by atoms with Crippen LogP contribution in [-0.4, -0.2) is 67.8 Å². The highest BCUT2D eigenvalue weighted by atomic mass is 16.5. The van der Waals surface area contributed by atoms with Crippen molar-refractivity contribution in [1.29, 1.82) is 0 Å². The molecule has 1 fully saturated rings. The minimum Gasteiger partial charge on any atom is -0.494 e. The van der Waals surface area contributed by atoms with E-state index in [1.807, 2.05) is 12.2 Å². The Morgan fingerprint density at radius 3 is 1.93 bits per heavy atom. The van der Waals surface area contributed by atoms with E-state index in [-0.39, 0.29) is 11.1 Å². The molecule has 0 bridgehead atoms. The number of hydrogen-bond acceptors (Lipinski definition) is 9. The fraction of sp³-hybridized carbons (Fsp3) is 0.393. The largest absolute Gasteiger partial charge is 0.494 e. The number of nitrogens with one attached hydrogen (secondary N) is 2. The average molecular weight is 570 g/mol. The van der Waals surface area contributed by atoms with Crippen molar-refractivity contribution in [2.24, 2.45) is 17.4 Å². The number of methoxy groups -OCH3 is 1. The highest BCUT2D eigenvalue weighted by Gasteiger charge is 2.22. The summed E-state index contributed by atoms with van der Waals surface area (Å²) < 4.78 is 11.3. The first kappa shape index (κ1) is 30.7. The lowest BCUT2D eigenvalue weighted by molar-refractivity contribution is 0.0991. The topological polar surface area (TPSA) is 221 Å². The van der Waals surface area contributed by atoms with Gasteiger partial charge in [0.15, 0.2) is 0 Å². The molecule has 1 heterocycles. The number of piperidine rings is 1. The molecular formula is C28H39N7O6. The molecule has 2 aromatic carbocycles. The van der Waals surface area contributed by atoms with Gasteiger partial charge in [0.25, 0.3) is 0 Å². The van der Waals surface area contributed by atoms with Crippen LogP contribution in [0.4, 0.5) is 27.5 Å². The number of anilines is 4. The third kappa shape index (κ3) is 8.59. The van der Waals surface area contributed by atoms with Gasteiger partial charge in [0.05, 0.1) is 25.1 Å². The minimum atomic E-state index is -0.869. The second kappa shape index (κ2) is 14.5. The Hall–Kier alpha value is -4.81. The Balaban J connectivity index is 1.54. The van der Waals surface area contributed by atoms with Crippen molar-refractivity contribution in [3.8, 4) is 11.5 Å². The Kier molecular flexibility index (Phi) is 10.9. The van der Waals surface area contributed by atoms with Crippen molar-refractivity contribution in [2.75, 3.05) is 62.0 Å². The number of nitrogen functional groups attached to an aromatic ring is 2. The maximum Gasteiger partial charge on any atom is 0.407 e. The van der Waals surface area contributed by atoms with Crippen LogP contribution in [0.2, 0.25) is 0 Å². The van der Waals surface area contributed by atoms with Gasteiger partial charge in [-0.2, -0.15) is 0 Å². The van der Waals surface area contributed by atoms with E-state index < -0.39 is 17.9 Å². The van der Waals surface area contributed by atoms with Gasteiger partial charge in [0.1, 0.15) is 22.9 Å². The fourth-order valence-electron chi connectivity index (χ4n) is 4.67. The first-order chi connectivity index (χ1) is 19.6. The molecule has 0 aliphatic carbocycles. The Bertz CT molecular complexity index is 1280. The van der Waals surface area contributed by atoms with E-state index in [9.17, 15) is 14.4 Å². The van der Waals surface area contributed by atoms with Crippen molar-refractivity contribution in [1.82, 2.24) is 4.90 Å². The van der Waals surface area contributed by atoms with Crippen LogP contribution in [0.1, 0.15) is 46.4 Å². The maximum atomic E-state index is 11.8. The molecule has 1 aliphatic heterocycles. The van der Waals surface area contributed by atoms with Gasteiger partial charge in [0.2, 0.25) is 11.8 Å². The number of hydrogen-bond donors (Lipinski definition) is 7. The normalized spacial score (nSPS) is 13.6. The van der Waals surface area contributed by atoms with Crippen LogP contribution in [-0.2, 0) is 0 Å². The number of carboxylic acid groups (broad SMARTS) is 1. The van der Waals surface area contributed by atoms with Crippen LogP contribution in [0.5, 0.6) is 11.5 Å². The summed E-state index contributed by atoms with van der Waals surface area (Å²) >= 11 is 0. The molecule has 13 heteroatoms. The van der Waals surface area contributed by atoms with Crippen LogP contribution in [0.25, 0.3) is 0 Å². The first-order valence-corrected chi connectivity index (χ1v) is 13.3. The maximum absolute atomic E-state index is 11.8. The molecule has 0 radical (unpaired) electrons. The van der Waals surface area contributed by atoms with Crippen LogP contribution in [0, 0.1) is 5.92 Å². The second-order valence-electron chi connectivity index (χ2n) is 9.75. The molecule has 2 aromatic rings. The van der Waals surface area contributed by atoms with Crippen molar-refractivity contribution < 1.29 is 29.0 Å². The molecule has 41 heavy (non-hydrogen) atoms. The summed E-state index contributed by atoms with van der Waals surface area (Å²) in [6.07, 6.45) is 6.24. The number of ether oxygens (including phenoxy) is 2. The summed E-state index contributed by atoms with van der Waals surface area (Å²) in [5.74, 6) is 0.0716. The van der Waals surface area contributed by atoms with Crippen molar-refractivity contribution >= 4 is 40.7 Å². The summed E-state index contributed by atoms with van der Waals surface area (Å²) in [5, 5.41) is 15.5. The predicted octanol–water partition coefficient (Wildman–Crippen LogP) is 2.69. The van der Waals surface area contributed by atoms with E-state index in [0.717, 1.165) is 25.7 Å². The zero-order chi connectivity index (χ0) is 29.9. The zero-order valence-corrected chi connectivity index (χ0v) is 23.2. The molecule has 0 saturated carbocycles. The molecule has 1 aliphatic rings. The molecule has 0 spiro atoms. The molecule has 11 N–H and O–H groups in total. The average Bonchev–Trinajstić information content (AvgIpc) is 2.94. The molecule has 0 aromatic heterocycles. The third-order valence-electron chi connectivity index (χ3n) is 6.91. The van der Waals surface area contributed by atoms with Gasteiger partial charge in [-0.25, -0.2) is 4.79 Å². The van der Waals surface area contributed by atoms with Crippen molar-refractivity contribution in [3.05, 3.63) is 47.5 Å². The van der Waals surface area contributed by atoms with Gasteiger partial charge in [0, 0.05) is 37.3 Å². The Morgan fingerprint density at radius 2 is 1.44 bits per heavy atom. The fourth-order valence-corrected chi connectivity index (χ4v) is 4.67. The number of nitrogens with zero attached hydrogens (tertiary/aromatic N) is 1. The minimum absolute atomic E-state index is 0.248. The van der Waals surface area contributed by atoms with Crippen LogP contribution < -0.4 is 43.0 Å². The molecule has 3 rings (SSSR count). The van der Waals surface area contributed by atoms with Gasteiger partial charge >= 0.3 is 6.09 Å². The molecule has 0 unspecified atom stereocenters. The smallest absolute Gasteiger partial charge is 0.407 e. The van der Waals surface area contributed by atoms with Crippen LogP contribution >= 0.6 is 0 Å². The van der Waals surface area contributed by atoms with Gasteiger partial charge in [-0.15, -0.1) is 0 Å². The lowest BCUT2D eigenvalue weighted by atomic mass is 9.92. The first-order valence-electron chi connectivity index (χ1n) is 13.3. The van der Waals surface area contributed by atoms with E-state index in [1.54, 1.807) is 6.07 Å². The summed E-state index contributed by atoms with van der Waals surface area (Å²) in [5.41, 5.74) is 25.3. The SMILES string of the molecule is COc1cc(C(N)=O)cc(N)c1NCC=CCNc1c(N)cc(C(N)=O)cc1OCCCC1CCN(C(=O)O)CC1. The lowest BCUT2D eigenvalue weighted by Crippen LogP contribution is -2.37. The lowest BCUT2D eigenvalue weighted by Gasteiger charge is -2.29. The molecular weight excluding hydrogens is 530 g/mol. The molecule has 13 nitrogen and oxygen atoms in total. The summed E-state index contributed by atoms with van der Waals surface area (Å²) in [4.78, 5) is 35.8. The summed E-state index contributed by atoms with van der Waals surface area (Å²) in [6.45, 7) is 2.35. The number of likely N-dealkylation sites (tertiary alicyclic amines) is 1. The summed E-state index contributed by atoms with van der Waals surface area (Å²) in [7, 11) is 1.48. The highest BCUT2D eigenvalue weighted by Crippen LogP contribution is 2.34. The Morgan fingerprint density at radius 1 is 0.927 bits per heavy atom. The van der Waals surface area contributed by atoms with Crippen LogP contribution in [0.3, 0.4) is 0 Å². The van der Waals surface area contributed by atoms with E-state index in [0.29, 0.717) is 73.0 Å². The van der Waals surface area contributed by atoms with Gasteiger partial charge in [-0.05, 0) is 55.9 Å². The highest BCUT2D eigenvalue weighted by molar-refractivity contribution is 5.97. The van der Waals surface area contributed by atoms with Gasteiger partial charge < -0.3 is 53.0 Å². The van der Waals surface area contributed by atoms with Crippen molar-refractivity contribution in [2.45, 2.75) is 25.7 Å². The monoisotopic (exact) mass is 569 g/mol. The third-order valence-corrected chi connectivity index (χ3v) is 6.91. The molecule has 222 valence electrons. The number of rotatable bonds is 14. The number of nitrogens with two attached hydrogens (primary N) is 4. The molecule has 1 saturated heterocycles. The number of carbonyl (C=O) groups is 3. The van der Waals surface area contributed by atoms with Crippen LogP contribution in [0.15, 0.2) is 36.4 Å². The second-order valence-corrected chi connectivity index (χ2v) is 9.75. The molecule has 3 amide bonds. The Labute approximate surface area is 238 Å². The summed E-state index contributed by atoms with van der Waals surface area (Å²) in [6, 6.07) is 6.08. The van der Waals surface area contributed by atoms with Crippen molar-refractivity contribution in [3.63, 3.8) is 0 Å². The zero-order valence-electron chi connectivity index (χ0n) is 23.2. The van der Waals surface area contributed by atoms with Gasteiger partial charge in [-0.1, -0.05) is 12.2 Å². The number of carbonyl (C=O) groups excluding carboxylic acids is 2. The van der Waals surface area contributed by atoms with E-state index in [2.05, 4.69) is 10.6 Å². The standard InChI is InChI=1S/C28H39N7O6/c1-40-22-15-18(26(31)36)13-20(29)24(22)33-8-2-3-9-34-25-21(30)14-19(27(32)37)16-23(25)41-12-4-5-17-6-10-35(11-7-17)28(38)39/h2-3,13-17,33-34H,4-12,29-30H2,1H3,(H2,31,36)(H2,32,37)(H,38,39). The molecule has 0 atom stereocenters. The predicted molar refractivity (Wildman–Crippen MR) is 158 cm³/mol. The van der Waals surface area contributed by atoms with Gasteiger partial charge in [-0.3, -0.25) is 9.59 Å². The van der Waals surface area contributed by atoms with E-state index in [1.165, 1.54) is 30.2 Å². The van der Waals surface area contributed by atoms with E-state index in [4.69, 9.17) is 37.5 Å².